The van der Waals surface area contributed by atoms with Crippen molar-refractivity contribution in [2.45, 2.75) is 58.5 Å². The summed E-state index contributed by atoms with van der Waals surface area (Å²) in [5.41, 5.74) is 2.07. The van der Waals surface area contributed by atoms with E-state index in [-0.39, 0.29) is 11.9 Å². The number of hydrogen-bond donors (Lipinski definition) is 2. The molecule has 0 unspecified atom stereocenters. The monoisotopic (exact) mass is 274 g/mol. The molecule has 0 aliphatic heterocycles. The van der Waals surface area contributed by atoms with Crippen LogP contribution in [0.4, 0.5) is 5.69 Å². The van der Waals surface area contributed by atoms with Gasteiger partial charge >= 0.3 is 0 Å². The van der Waals surface area contributed by atoms with E-state index < -0.39 is 0 Å². The number of carbonyl (C=O) groups excluding carboxylic acids is 1. The molecule has 1 aromatic carbocycles. The molecule has 110 valence electrons. The first-order valence-corrected chi connectivity index (χ1v) is 7.70. The van der Waals surface area contributed by atoms with E-state index in [2.05, 4.69) is 17.6 Å². The molecular formula is C17H26N2O. The largest absolute Gasteiger partial charge is 0.325 e. The molecule has 20 heavy (non-hydrogen) atoms. The standard InChI is InChI=1S/C17H26N2O/c1-12-8-10-15(11-9-12)19-17(20)14(3)18-16-7-5-4-6-13(16)2/h8-11,13-14,16,18H,4-7H2,1-3H3,(H,19,20)/t13-,14-,16-/m0/s1. The summed E-state index contributed by atoms with van der Waals surface area (Å²) >= 11 is 0. The summed E-state index contributed by atoms with van der Waals surface area (Å²) in [5, 5.41) is 6.46. The third-order valence-corrected chi connectivity index (χ3v) is 4.29. The quantitative estimate of drug-likeness (QED) is 0.882. The SMILES string of the molecule is Cc1ccc(NC(=O)[C@H](C)N[C@H]2CCCC[C@@H]2C)cc1. The molecule has 1 fully saturated rings. The van der Waals surface area contributed by atoms with E-state index in [1.54, 1.807) is 0 Å². The zero-order chi connectivity index (χ0) is 14.5. The van der Waals surface area contributed by atoms with E-state index in [1.807, 2.05) is 38.1 Å². The van der Waals surface area contributed by atoms with Gasteiger partial charge in [-0.3, -0.25) is 4.79 Å². The molecule has 3 nitrogen and oxygen atoms in total. The van der Waals surface area contributed by atoms with E-state index in [0.717, 1.165) is 5.69 Å². The summed E-state index contributed by atoms with van der Waals surface area (Å²) in [4.78, 5) is 12.2. The molecule has 1 aliphatic carbocycles. The molecule has 0 heterocycles. The molecule has 1 aromatic rings. The van der Waals surface area contributed by atoms with Crippen LogP contribution in [0.3, 0.4) is 0 Å². The number of carbonyl (C=O) groups is 1. The molecule has 2 N–H and O–H groups in total. The van der Waals surface area contributed by atoms with Crippen LogP contribution in [0, 0.1) is 12.8 Å². The Kier molecular flexibility index (Phi) is 5.18. The molecule has 3 heteroatoms. The number of amides is 1. The van der Waals surface area contributed by atoms with Crippen LogP contribution < -0.4 is 10.6 Å². The van der Waals surface area contributed by atoms with Gasteiger partial charge in [-0.15, -0.1) is 0 Å². The fourth-order valence-corrected chi connectivity index (χ4v) is 2.85. The number of benzene rings is 1. The first-order chi connectivity index (χ1) is 9.56. The van der Waals surface area contributed by atoms with Crippen molar-refractivity contribution in [3.63, 3.8) is 0 Å². The Balaban J connectivity index is 1.86. The Labute approximate surface area is 122 Å². The summed E-state index contributed by atoms with van der Waals surface area (Å²) in [6.07, 6.45) is 5.05. The minimum Gasteiger partial charge on any atom is -0.325 e. The first-order valence-electron chi connectivity index (χ1n) is 7.70. The van der Waals surface area contributed by atoms with Gasteiger partial charge in [-0.05, 0) is 44.7 Å². The van der Waals surface area contributed by atoms with Gasteiger partial charge < -0.3 is 10.6 Å². The van der Waals surface area contributed by atoms with Gasteiger partial charge in [0.2, 0.25) is 5.91 Å². The van der Waals surface area contributed by atoms with E-state index in [4.69, 9.17) is 0 Å². The molecule has 2 rings (SSSR count). The number of nitrogens with one attached hydrogen (secondary N) is 2. The van der Waals surface area contributed by atoms with Crippen molar-refractivity contribution in [2.75, 3.05) is 5.32 Å². The van der Waals surface area contributed by atoms with Crippen LogP contribution in [0.15, 0.2) is 24.3 Å². The van der Waals surface area contributed by atoms with Gasteiger partial charge in [-0.2, -0.15) is 0 Å². The van der Waals surface area contributed by atoms with Crippen molar-refractivity contribution in [1.82, 2.24) is 5.32 Å². The maximum atomic E-state index is 12.2. The van der Waals surface area contributed by atoms with E-state index in [1.165, 1.54) is 31.2 Å². The van der Waals surface area contributed by atoms with Crippen LogP contribution in [-0.2, 0) is 4.79 Å². The molecule has 3 atom stereocenters. The number of anilines is 1. The van der Waals surface area contributed by atoms with E-state index in [9.17, 15) is 4.79 Å². The third-order valence-electron chi connectivity index (χ3n) is 4.29. The lowest BCUT2D eigenvalue weighted by Crippen LogP contribution is -2.47. The fraction of sp³-hybridized carbons (Fsp3) is 0.588. The lowest BCUT2D eigenvalue weighted by Gasteiger charge is -2.31. The lowest BCUT2D eigenvalue weighted by molar-refractivity contribution is -0.118. The van der Waals surface area contributed by atoms with Gasteiger partial charge in [0.05, 0.1) is 6.04 Å². The lowest BCUT2D eigenvalue weighted by atomic mass is 9.85. The van der Waals surface area contributed by atoms with Gasteiger partial charge in [-0.1, -0.05) is 37.5 Å². The van der Waals surface area contributed by atoms with E-state index >= 15 is 0 Å². The van der Waals surface area contributed by atoms with Crippen molar-refractivity contribution in [3.05, 3.63) is 29.8 Å². The zero-order valence-electron chi connectivity index (χ0n) is 12.8. The smallest absolute Gasteiger partial charge is 0.241 e. The summed E-state index contributed by atoms with van der Waals surface area (Å²) in [6.45, 7) is 6.27. The fourth-order valence-electron chi connectivity index (χ4n) is 2.85. The molecule has 1 aliphatic rings. The highest BCUT2D eigenvalue weighted by atomic mass is 16.2. The van der Waals surface area contributed by atoms with Crippen molar-refractivity contribution in [3.8, 4) is 0 Å². The van der Waals surface area contributed by atoms with Crippen molar-refractivity contribution in [2.24, 2.45) is 5.92 Å². The van der Waals surface area contributed by atoms with Crippen LogP contribution in [0.2, 0.25) is 0 Å². The first kappa shape index (κ1) is 15.0. The van der Waals surface area contributed by atoms with Crippen LogP contribution in [-0.4, -0.2) is 18.0 Å². The molecule has 0 spiro atoms. The molecule has 1 amide bonds. The molecule has 0 bridgehead atoms. The molecule has 0 radical (unpaired) electrons. The molecule has 0 saturated heterocycles. The third kappa shape index (κ3) is 4.07. The zero-order valence-corrected chi connectivity index (χ0v) is 12.8. The van der Waals surface area contributed by atoms with Gasteiger partial charge in [0.25, 0.3) is 0 Å². The summed E-state index contributed by atoms with van der Waals surface area (Å²) in [6, 6.07) is 8.24. The summed E-state index contributed by atoms with van der Waals surface area (Å²) in [7, 11) is 0. The van der Waals surface area contributed by atoms with Gasteiger partial charge in [0.1, 0.15) is 0 Å². The minimum atomic E-state index is -0.151. The topological polar surface area (TPSA) is 41.1 Å². The Morgan fingerprint density at radius 2 is 1.85 bits per heavy atom. The van der Waals surface area contributed by atoms with E-state index in [0.29, 0.717) is 12.0 Å². The van der Waals surface area contributed by atoms with Crippen molar-refractivity contribution >= 4 is 11.6 Å². The molecular weight excluding hydrogens is 248 g/mol. The highest BCUT2D eigenvalue weighted by Crippen LogP contribution is 2.24. The molecule has 1 saturated carbocycles. The predicted octanol–water partition coefficient (Wildman–Crippen LogP) is 3.49. The van der Waals surface area contributed by atoms with Gasteiger partial charge in [0, 0.05) is 11.7 Å². The Morgan fingerprint density at radius 1 is 1.20 bits per heavy atom. The Morgan fingerprint density at radius 3 is 2.50 bits per heavy atom. The minimum absolute atomic E-state index is 0.0478. The van der Waals surface area contributed by atoms with Crippen LogP contribution in [0.25, 0.3) is 0 Å². The second kappa shape index (κ2) is 6.89. The second-order valence-electron chi connectivity index (χ2n) is 6.11. The number of rotatable bonds is 4. The average Bonchev–Trinajstić information content (AvgIpc) is 2.44. The van der Waals surface area contributed by atoms with Crippen LogP contribution >= 0.6 is 0 Å². The highest BCUT2D eigenvalue weighted by Gasteiger charge is 2.24. The summed E-state index contributed by atoms with van der Waals surface area (Å²) in [5.74, 6) is 0.713. The normalized spacial score (nSPS) is 24.1. The highest BCUT2D eigenvalue weighted by molar-refractivity contribution is 5.94. The van der Waals surface area contributed by atoms with Gasteiger partial charge in [0.15, 0.2) is 0 Å². The summed E-state index contributed by atoms with van der Waals surface area (Å²) < 4.78 is 0. The van der Waals surface area contributed by atoms with Gasteiger partial charge in [-0.25, -0.2) is 0 Å². The van der Waals surface area contributed by atoms with Crippen molar-refractivity contribution in [1.29, 1.82) is 0 Å². The van der Waals surface area contributed by atoms with Crippen LogP contribution in [0.1, 0.15) is 45.1 Å². The number of hydrogen-bond acceptors (Lipinski definition) is 2. The average molecular weight is 274 g/mol. The second-order valence-corrected chi connectivity index (χ2v) is 6.11. The Hall–Kier alpha value is -1.35. The molecule has 0 aromatic heterocycles. The van der Waals surface area contributed by atoms with Crippen LogP contribution in [0.5, 0.6) is 0 Å². The Bertz CT molecular complexity index is 441. The maximum Gasteiger partial charge on any atom is 0.241 e. The van der Waals surface area contributed by atoms with Crippen molar-refractivity contribution < 1.29 is 4.79 Å². The maximum absolute atomic E-state index is 12.2. The number of aryl methyl sites for hydroxylation is 1. The predicted molar refractivity (Wildman–Crippen MR) is 83.8 cm³/mol.